The van der Waals surface area contributed by atoms with E-state index in [0.717, 1.165) is 0 Å². The zero-order valence-corrected chi connectivity index (χ0v) is 12.2. The smallest absolute Gasteiger partial charge is 0.267 e. The second kappa shape index (κ2) is 8.61. The van der Waals surface area contributed by atoms with E-state index in [2.05, 4.69) is 16.0 Å². The lowest BCUT2D eigenvalue weighted by molar-refractivity contribution is -0.119. The Kier molecular flexibility index (Phi) is 6.78. The number of nitrogens with zero attached hydrogens (tertiary/aromatic N) is 1. The quantitative estimate of drug-likeness (QED) is 0.421. The number of carbonyl (C=O) groups is 2. The van der Waals surface area contributed by atoms with Gasteiger partial charge in [-0.2, -0.15) is 5.26 Å². The van der Waals surface area contributed by atoms with Crippen LogP contribution in [0.4, 0.5) is 5.69 Å². The molecule has 0 fully saturated rings. The fourth-order valence-electron chi connectivity index (χ4n) is 1.39. The summed E-state index contributed by atoms with van der Waals surface area (Å²) in [6.45, 7) is 2.22. The predicted octanol–water partition coefficient (Wildman–Crippen LogP) is 1.41. The Balaban J connectivity index is 2.55. The molecule has 6 nitrogen and oxygen atoms in total. The molecule has 0 bridgehead atoms. The summed E-state index contributed by atoms with van der Waals surface area (Å²) >= 11 is 5.92. The summed E-state index contributed by atoms with van der Waals surface area (Å²) in [4.78, 5) is 22.6. The second-order valence-electron chi connectivity index (χ2n) is 4.04. The molecule has 0 heterocycles. The highest BCUT2D eigenvalue weighted by Crippen LogP contribution is 2.20. The number of carbonyl (C=O) groups excluding carboxylic acids is 2. The number of nitrogens with one attached hydrogen (secondary N) is 3. The Morgan fingerprint density at radius 3 is 2.67 bits per heavy atom. The maximum Gasteiger partial charge on any atom is 0.267 e. The van der Waals surface area contributed by atoms with Gasteiger partial charge in [-0.15, -0.1) is 0 Å². The Morgan fingerprint density at radius 1 is 1.33 bits per heavy atom. The van der Waals surface area contributed by atoms with Crippen LogP contribution < -0.4 is 16.0 Å². The lowest BCUT2D eigenvalue weighted by atomic mass is 10.2. The number of nitriles is 1. The average Bonchev–Trinajstić information content (AvgIpc) is 2.45. The third-order valence-corrected chi connectivity index (χ3v) is 2.71. The topological polar surface area (TPSA) is 94.0 Å². The van der Waals surface area contributed by atoms with E-state index in [1.165, 1.54) is 13.1 Å². The summed E-state index contributed by atoms with van der Waals surface area (Å²) in [5.41, 5.74) is 0.348. The van der Waals surface area contributed by atoms with Crippen molar-refractivity contribution in [1.82, 2.24) is 10.6 Å². The van der Waals surface area contributed by atoms with Crippen molar-refractivity contribution >= 4 is 29.1 Å². The first-order chi connectivity index (χ1) is 10.0. The van der Waals surface area contributed by atoms with Crippen LogP contribution in [0.25, 0.3) is 0 Å². The number of benzene rings is 1. The summed E-state index contributed by atoms with van der Waals surface area (Å²) < 4.78 is 0. The summed E-state index contributed by atoms with van der Waals surface area (Å²) in [7, 11) is 0. The van der Waals surface area contributed by atoms with Gasteiger partial charge in [-0.05, 0) is 12.1 Å². The molecule has 3 N–H and O–H groups in total. The molecule has 21 heavy (non-hydrogen) atoms. The first-order valence-corrected chi connectivity index (χ1v) is 6.56. The van der Waals surface area contributed by atoms with Crippen LogP contribution in [0.15, 0.2) is 36.0 Å². The summed E-state index contributed by atoms with van der Waals surface area (Å²) in [5, 5.41) is 17.3. The number of hydrogen-bond acceptors (Lipinski definition) is 4. The summed E-state index contributed by atoms with van der Waals surface area (Å²) in [6.07, 6.45) is 1.30. The van der Waals surface area contributed by atoms with Crippen molar-refractivity contribution in [2.45, 2.75) is 6.92 Å². The SMILES string of the molecule is CC(=O)NCCN/C=C(/C#N)C(=O)Nc1ccccc1Cl. The second-order valence-corrected chi connectivity index (χ2v) is 4.45. The minimum atomic E-state index is -0.558. The molecular weight excluding hydrogens is 292 g/mol. The van der Waals surface area contributed by atoms with Crippen LogP contribution in [0.5, 0.6) is 0 Å². The maximum absolute atomic E-state index is 11.9. The van der Waals surface area contributed by atoms with E-state index in [9.17, 15) is 9.59 Å². The van der Waals surface area contributed by atoms with Gasteiger partial charge in [-0.3, -0.25) is 9.59 Å². The van der Waals surface area contributed by atoms with Crippen LogP contribution in [0, 0.1) is 11.3 Å². The van der Waals surface area contributed by atoms with Gasteiger partial charge in [-0.1, -0.05) is 23.7 Å². The highest BCUT2D eigenvalue weighted by molar-refractivity contribution is 6.33. The predicted molar refractivity (Wildman–Crippen MR) is 80.5 cm³/mol. The fourth-order valence-corrected chi connectivity index (χ4v) is 1.57. The van der Waals surface area contributed by atoms with E-state index < -0.39 is 5.91 Å². The molecule has 1 aromatic rings. The molecule has 2 amide bonds. The first kappa shape index (κ1) is 16.5. The van der Waals surface area contributed by atoms with Crippen molar-refractivity contribution in [2.75, 3.05) is 18.4 Å². The molecule has 0 saturated heterocycles. The molecule has 0 aliphatic heterocycles. The van der Waals surface area contributed by atoms with Gasteiger partial charge in [-0.25, -0.2) is 0 Å². The molecule has 0 aromatic heterocycles. The Labute approximate surface area is 127 Å². The van der Waals surface area contributed by atoms with Crippen LogP contribution in [0.2, 0.25) is 5.02 Å². The van der Waals surface area contributed by atoms with Crippen LogP contribution in [-0.4, -0.2) is 24.9 Å². The van der Waals surface area contributed by atoms with Crippen LogP contribution in [0.1, 0.15) is 6.92 Å². The van der Waals surface area contributed by atoms with Crippen molar-refractivity contribution in [2.24, 2.45) is 0 Å². The minimum absolute atomic E-state index is 0.0854. The average molecular weight is 307 g/mol. The van der Waals surface area contributed by atoms with Gasteiger partial charge in [0.2, 0.25) is 5.91 Å². The van der Waals surface area contributed by atoms with Gasteiger partial charge < -0.3 is 16.0 Å². The molecule has 110 valence electrons. The third kappa shape index (κ3) is 5.97. The third-order valence-electron chi connectivity index (χ3n) is 2.38. The Morgan fingerprint density at radius 2 is 2.05 bits per heavy atom. The van der Waals surface area contributed by atoms with Gasteiger partial charge >= 0.3 is 0 Å². The van der Waals surface area contributed by atoms with Crippen molar-refractivity contribution in [3.8, 4) is 6.07 Å². The van der Waals surface area contributed by atoms with Gasteiger partial charge in [0.05, 0.1) is 10.7 Å². The number of anilines is 1. The largest absolute Gasteiger partial charge is 0.388 e. The fraction of sp³-hybridized carbons (Fsp3) is 0.214. The molecule has 0 atom stereocenters. The molecule has 0 aliphatic carbocycles. The maximum atomic E-state index is 11.9. The molecule has 0 aliphatic rings. The molecule has 0 radical (unpaired) electrons. The molecular formula is C14H15ClN4O2. The van der Waals surface area contributed by atoms with Gasteiger partial charge in [0.1, 0.15) is 11.6 Å². The highest BCUT2D eigenvalue weighted by Gasteiger charge is 2.10. The highest BCUT2D eigenvalue weighted by atomic mass is 35.5. The van der Waals surface area contributed by atoms with Gasteiger partial charge in [0, 0.05) is 26.2 Å². The Hall–Kier alpha value is -2.52. The molecule has 0 unspecified atom stereocenters. The van der Waals surface area contributed by atoms with E-state index in [4.69, 9.17) is 16.9 Å². The first-order valence-electron chi connectivity index (χ1n) is 6.18. The normalized spacial score (nSPS) is 10.4. The molecule has 1 aromatic carbocycles. The standard InChI is InChI=1S/C14H15ClN4O2/c1-10(20)18-7-6-17-9-11(8-16)14(21)19-13-5-3-2-4-12(13)15/h2-5,9,17H,6-7H2,1H3,(H,18,20)(H,19,21)/b11-9-. The van der Waals surface area contributed by atoms with Crippen molar-refractivity contribution < 1.29 is 9.59 Å². The van der Waals surface area contributed by atoms with Crippen LogP contribution in [0.3, 0.4) is 0 Å². The molecule has 0 saturated carbocycles. The number of rotatable bonds is 6. The number of amides is 2. The van der Waals surface area contributed by atoms with Gasteiger partial charge in [0.25, 0.3) is 5.91 Å². The van der Waals surface area contributed by atoms with Crippen molar-refractivity contribution in [1.29, 1.82) is 5.26 Å². The molecule has 7 heteroatoms. The van der Waals surface area contributed by atoms with Crippen LogP contribution in [-0.2, 0) is 9.59 Å². The lowest BCUT2D eigenvalue weighted by Crippen LogP contribution is -2.28. The summed E-state index contributed by atoms with van der Waals surface area (Å²) in [6, 6.07) is 8.54. The molecule has 0 spiro atoms. The number of halogens is 1. The number of hydrogen-bond donors (Lipinski definition) is 3. The monoisotopic (exact) mass is 306 g/mol. The van der Waals surface area contributed by atoms with E-state index in [0.29, 0.717) is 23.8 Å². The van der Waals surface area contributed by atoms with E-state index in [-0.39, 0.29) is 11.5 Å². The van der Waals surface area contributed by atoms with Gasteiger partial charge in [0.15, 0.2) is 0 Å². The lowest BCUT2D eigenvalue weighted by Gasteiger charge is -2.06. The molecule has 1 rings (SSSR count). The minimum Gasteiger partial charge on any atom is -0.388 e. The van der Waals surface area contributed by atoms with E-state index >= 15 is 0 Å². The Bertz CT molecular complexity index is 593. The van der Waals surface area contributed by atoms with E-state index in [1.807, 2.05) is 0 Å². The van der Waals surface area contributed by atoms with Crippen molar-refractivity contribution in [3.05, 3.63) is 41.1 Å². The zero-order valence-electron chi connectivity index (χ0n) is 11.4. The summed E-state index contributed by atoms with van der Waals surface area (Å²) in [5.74, 6) is -0.699. The van der Waals surface area contributed by atoms with Crippen molar-refractivity contribution in [3.63, 3.8) is 0 Å². The van der Waals surface area contributed by atoms with E-state index in [1.54, 1.807) is 30.3 Å². The van der Waals surface area contributed by atoms with Crippen LogP contribution >= 0.6 is 11.6 Å². The number of para-hydroxylation sites is 1. The zero-order chi connectivity index (χ0) is 15.7.